The maximum Gasteiger partial charge on any atom is 0.337 e. The Labute approximate surface area is 200 Å². The van der Waals surface area contributed by atoms with Crippen molar-refractivity contribution in [2.45, 2.75) is 19.3 Å². The number of aromatic nitrogens is 5. The number of esters is 1. The molecule has 35 heavy (non-hydrogen) atoms. The van der Waals surface area contributed by atoms with Crippen LogP contribution in [0.5, 0.6) is 5.75 Å². The molecule has 10 nitrogen and oxygen atoms in total. The first kappa shape index (κ1) is 22.2. The van der Waals surface area contributed by atoms with Crippen molar-refractivity contribution in [2.24, 2.45) is 0 Å². The molecular formula is C25H22N6O4. The number of anilines is 1. The van der Waals surface area contributed by atoms with E-state index in [0.29, 0.717) is 17.1 Å². The first-order valence-electron chi connectivity index (χ1n) is 10.9. The molecule has 10 heteroatoms. The largest absolute Gasteiger partial charge is 0.497 e. The lowest BCUT2D eigenvalue weighted by atomic mass is 9.85. The van der Waals surface area contributed by atoms with E-state index >= 15 is 0 Å². The highest BCUT2D eigenvalue weighted by Crippen LogP contribution is 2.40. The van der Waals surface area contributed by atoms with E-state index in [2.05, 4.69) is 25.6 Å². The third-order valence-electron chi connectivity index (χ3n) is 5.96. The predicted molar refractivity (Wildman–Crippen MR) is 127 cm³/mol. The van der Waals surface area contributed by atoms with Crippen LogP contribution in [-0.2, 0) is 9.53 Å². The maximum atomic E-state index is 12.7. The smallest absolute Gasteiger partial charge is 0.337 e. The minimum atomic E-state index is -0.413. The van der Waals surface area contributed by atoms with Crippen molar-refractivity contribution in [1.29, 1.82) is 0 Å². The Hall–Kier alpha value is -4.60. The Kier molecular flexibility index (Phi) is 5.69. The van der Waals surface area contributed by atoms with Gasteiger partial charge in [0.2, 0.25) is 5.91 Å². The van der Waals surface area contributed by atoms with Gasteiger partial charge in [-0.1, -0.05) is 12.1 Å². The van der Waals surface area contributed by atoms with Crippen LogP contribution in [0.1, 0.15) is 39.5 Å². The van der Waals surface area contributed by atoms with E-state index in [1.54, 1.807) is 25.4 Å². The summed E-state index contributed by atoms with van der Waals surface area (Å²) in [5.41, 5.74) is 4.39. The number of fused-ring (bicyclic) bond motifs is 1. The predicted octanol–water partition coefficient (Wildman–Crippen LogP) is 3.30. The van der Waals surface area contributed by atoms with Gasteiger partial charge in [0.25, 0.3) is 5.95 Å². The summed E-state index contributed by atoms with van der Waals surface area (Å²) < 4.78 is 11.5. The first-order chi connectivity index (χ1) is 17.0. The number of rotatable bonds is 5. The third-order valence-corrected chi connectivity index (χ3v) is 5.96. The van der Waals surface area contributed by atoms with Crippen LogP contribution in [0.25, 0.3) is 17.2 Å². The second kappa shape index (κ2) is 8.98. The summed E-state index contributed by atoms with van der Waals surface area (Å²) in [5.74, 6) is 0.682. The highest BCUT2D eigenvalue weighted by atomic mass is 16.5. The van der Waals surface area contributed by atoms with Crippen LogP contribution in [0.3, 0.4) is 0 Å². The molecule has 1 atom stereocenters. The minimum absolute atomic E-state index is 0.153. The molecular weight excluding hydrogens is 448 g/mol. The fraction of sp³-hybridized carbons (Fsp3) is 0.200. The van der Waals surface area contributed by atoms with E-state index in [-0.39, 0.29) is 24.2 Å². The van der Waals surface area contributed by atoms with Crippen molar-refractivity contribution in [1.82, 2.24) is 25.0 Å². The summed E-state index contributed by atoms with van der Waals surface area (Å²) in [6.45, 7) is 1.88. The molecule has 1 amide bonds. The SMILES string of the molecule is COC(=O)c1ccc([C@H]2CC(=O)Nc3c2c(C)nn3-c2nncc(-c3ccc(OC)cc3)n2)cc1. The fourth-order valence-electron chi connectivity index (χ4n) is 4.23. The van der Waals surface area contributed by atoms with E-state index in [9.17, 15) is 9.59 Å². The van der Waals surface area contributed by atoms with Crippen LogP contribution in [0.4, 0.5) is 5.82 Å². The second-order valence-corrected chi connectivity index (χ2v) is 8.05. The standard InChI is InChI=1S/C25H22N6O4/c1-14-22-19(15-4-6-17(7-5-15)24(33)35-3)12-21(32)28-23(22)31(30-14)25-27-20(13-26-29-25)16-8-10-18(34-2)11-9-16/h4-11,13,19H,12H2,1-3H3,(H,28,32)/t19-/m1/s1. The third kappa shape index (κ3) is 4.10. The average Bonchev–Trinajstić information content (AvgIpc) is 3.24. The number of aryl methyl sites for hydroxylation is 1. The van der Waals surface area contributed by atoms with Gasteiger partial charge in [-0.2, -0.15) is 14.9 Å². The number of methoxy groups -OCH3 is 2. The first-order valence-corrected chi connectivity index (χ1v) is 10.9. The van der Waals surface area contributed by atoms with E-state index in [0.717, 1.165) is 28.1 Å². The molecule has 0 spiro atoms. The number of carbonyl (C=O) groups excluding carboxylic acids is 2. The monoisotopic (exact) mass is 470 g/mol. The number of ether oxygens (including phenoxy) is 2. The van der Waals surface area contributed by atoms with Gasteiger partial charge < -0.3 is 14.8 Å². The normalized spacial score (nSPS) is 14.7. The average molecular weight is 470 g/mol. The molecule has 4 aromatic rings. The summed E-state index contributed by atoms with van der Waals surface area (Å²) >= 11 is 0. The molecule has 2 aromatic carbocycles. The summed E-state index contributed by atoms with van der Waals surface area (Å²) in [5, 5.41) is 15.8. The van der Waals surface area contributed by atoms with Gasteiger partial charge in [0, 0.05) is 23.5 Å². The number of amides is 1. The second-order valence-electron chi connectivity index (χ2n) is 8.05. The quantitative estimate of drug-likeness (QED) is 0.441. The summed E-state index contributed by atoms with van der Waals surface area (Å²) in [7, 11) is 2.95. The molecule has 1 aliphatic rings. The molecule has 0 unspecified atom stereocenters. The number of hydrogen-bond acceptors (Lipinski definition) is 8. The van der Waals surface area contributed by atoms with E-state index in [1.165, 1.54) is 11.8 Å². The van der Waals surface area contributed by atoms with Crippen LogP contribution in [0, 0.1) is 6.92 Å². The molecule has 3 heterocycles. The van der Waals surface area contributed by atoms with Crippen molar-refractivity contribution in [3.63, 3.8) is 0 Å². The fourth-order valence-corrected chi connectivity index (χ4v) is 4.23. The van der Waals surface area contributed by atoms with Gasteiger partial charge in [0.1, 0.15) is 11.6 Å². The van der Waals surface area contributed by atoms with Crippen LogP contribution >= 0.6 is 0 Å². The Bertz CT molecular complexity index is 1410. The van der Waals surface area contributed by atoms with Crippen LogP contribution in [0.2, 0.25) is 0 Å². The van der Waals surface area contributed by atoms with E-state index in [4.69, 9.17) is 9.47 Å². The summed E-state index contributed by atoms with van der Waals surface area (Å²) in [4.78, 5) is 29.1. The summed E-state index contributed by atoms with van der Waals surface area (Å²) in [6, 6.07) is 14.5. The number of benzene rings is 2. The lowest BCUT2D eigenvalue weighted by Crippen LogP contribution is -2.25. The van der Waals surface area contributed by atoms with E-state index in [1.807, 2.05) is 43.3 Å². The van der Waals surface area contributed by atoms with E-state index < -0.39 is 5.97 Å². The van der Waals surface area contributed by atoms with Crippen molar-refractivity contribution < 1.29 is 19.1 Å². The number of hydrogen-bond donors (Lipinski definition) is 1. The summed E-state index contributed by atoms with van der Waals surface area (Å²) in [6.07, 6.45) is 1.82. The van der Waals surface area contributed by atoms with Crippen LogP contribution in [-0.4, -0.2) is 51.1 Å². The van der Waals surface area contributed by atoms with Gasteiger partial charge in [-0.15, -0.1) is 5.10 Å². The van der Waals surface area contributed by atoms with Gasteiger partial charge in [-0.25, -0.2) is 9.78 Å². The van der Waals surface area contributed by atoms with Crippen LogP contribution in [0.15, 0.2) is 54.7 Å². The molecule has 0 saturated carbocycles. The van der Waals surface area contributed by atoms with Gasteiger partial charge in [-0.3, -0.25) is 4.79 Å². The highest BCUT2D eigenvalue weighted by Gasteiger charge is 2.33. The molecule has 0 aliphatic carbocycles. The van der Waals surface area contributed by atoms with Crippen molar-refractivity contribution in [3.8, 4) is 23.0 Å². The van der Waals surface area contributed by atoms with Crippen molar-refractivity contribution in [2.75, 3.05) is 19.5 Å². The Morgan fingerprint density at radius 1 is 1.09 bits per heavy atom. The van der Waals surface area contributed by atoms with Crippen LogP contribution < -0.4 is 10.1 Å². The lowest BCUT2D eigenvalue weighted by molar-refractivity contribution is -0.116. The Morgan fingerprint density at radius 2 is 1.83 bits per heavy atom. The molecule has 0 fully saturated rings. The molecule has 2 aromatic heterocycles. The van der Waals surface area contributed by atoms with Gasteiger partial charge >= 0.3 is 5.97 Å². The molecule has 0 radical (unpaired) electrons. The topological polar surface area (TPSA) is 121 Å². The maximum absolute atomic E-state index is 12.7. The van der Waals surface area contributed by atoms with Gasteiger partial charge in [-0.05, 0) is 48.9 Å². The lowest BCUT2D eigenvalue weighted by Gasteiger charge is -2.24. The minimum Gasteiger partial charge on any atom is -0.497 e. The molecule has 5 rings (SSSR count). The van der Waals surface area contributed by atoms with Gasteiger partial charge in [0.05, 0.1) is 37.4 Å². The van der Waals surface area contributed by atoms with Crippen molar-refractivity contribution in [3.05, 3.63) is 77.1 Å². The zero-order valence-electron chi connectivity index (χ0n) is 19.3. The van der Waals surface area contributed by atoms with Gasteiger partial charge in [0.15, 0.2) is 0 Å². The Balaban J connectivity index is 1.54. The van der Waals surface area contributed by atoms with Crippen molar-refractivity contribution >= 4 is 17.7 Å². The zero-order valence-corrected chi connectivity index (χ0v) is 19.3. The number of nitrogens with zero attached hydrogens (tertiary/aromatic N) is 5. The molecule has 1 aliphatic heterocycles. The number of carbonyl (C=O) groups is 2. The Morgan fingerprint density at radius 3 is 2.51 bits per heavy atom. The molecule has 176 valence electrons. The molecule has 1 N–H and O–H groups in total. The zero-order chi connectivity index (χ0) is 24.5. The number of nitrogens with one attached hydrogen (secondary N) is 1. The highest BCUT2D eigenvalue weighted by molar-refractivity contribution is 5.95. The molecule has 0 bridgehead atoms. The molecule has 0 saturated heterocycles.